The molecule has 0 heterocycles. The highest BCUT2D eigenvalue weighted by molar-refractivity contribution is 5.33. The summed E-state index contributed by atoms with van der Waals surface area (Å²) in [4.78, 5) is 2.27. The summed E-state index contributed by atoms with van der Waals surface area (Å²) in [6.45, 7) is 2.65. The molecule has 0 aliphatic carbocycles. The standard InChI is InChI=1S/C19H21NO/c21-16-8-15-20(17-19-11-5-2-6-12-19)14-7-13-18-9-3-1-4-10-18/h1-6,9-12,21H,8,14-17H2. The van der Waals surface area contributed by atoms with Gasteiger partial charge in [-0.2, -0.15) is 0 Å². The van der Waals surface area contributed by atoms with Crippen molar-refractivity contribution in [3.05, 3.63) is 71.8 Å². The van der Waals surface area contributed by atoms with E-state index in [1.807, 2.05) is 36.4 Å². The summed E-state index contributed by atoms with van der Waals surface area (Å²) < 4.78 is 0. The number of benzene rings is 2. The van der Waals surface area contributed by atoms with Gasteiger partial charge in [-0.05, 0) is 24.1 Å². The molecule has 0 atom stereocenters. The Labute approximate surface area is 127 Å². The number of hydrogen-bond acceptors (Lipinski definition) is 2. The van der Waals surface area contributed by atoms with E-state index in [4.69, 9.17) is 5.11 Å². The zero-order valence-corrected chi connectivity index (χ0v) is 12.2. The van der Waals surface area contributed by atoms with E-state index in [2.05, 4.69) is 41.0 Å². The van der Waals surface area contributed by atoms with E-state index in [9.17, 15) is 0 Å². The van der Waals surface area contributed by atoms with Crippen molar-refractivity contribution in [2.45, 2.75) is 13.0 Å². The second-order valence-corrected chi connectivity index (χ2v) is 4.94. The normalized spacial score (nSPS) is 10.2. The van der Waals surface area contributed by atoms with Gasteiger partial charge in [0.1, 0.15) is 0 Å². The lowest BCUT2D eigenvalue weighted by molar-refractivity contribution is 0.233. The zero-order chi connectivity index (χ0) is 14.8. The van der Waals surface area contributed by atoms with Gasteiger partial charge in [-0.15, -0.1) is 0 Å². The van der Waals surface area contributed by atoms with Crippen LogP contribution in [0.15, 0.2) is 60.7 Å². The molecule has 2 rings (SSSR count). The van der Waals surface area contributed by atoms with Gasteiger partial charge < -0.3 is 5.11 Å². The molecule has 2 heteroatoms. The number of aliphatic hydroxyl groups excluding tert-OH is 1. The van der Waals surface area contributed by atoms with Crippen LogP contribution in [-0.4, -0.2) is 29.7 Å². The molecule has 0 amide bonds. The van der Waals surface area contributed by atoms with Gasteiger partial charge in [0.2, 0.25) is 0 Å². The van der Waals surface area contributed by atoms with Crippen LogP contribution < -0.4 is 0 Å². The van der Waals surface area contributed by atoms with Crippen molar-refractivity contribution >= 4 is 0 Å². The molecule has 0 spiro atoms. The molecule has 2 aromatic rings. The molecule has 2 nitrogen and oxygen atoms in total. The second-order valence-electron chi connectivity index (χ2n) is 4.94. The third kappa shape index (κ3) is 5.83. The van der Waals surface area contributed by atoms with Crippen LogP contribution in [0.5, 0.6) is 0 Å². The largest absolute Gasteiger partial charge is 0.396 e. The topological polar surface area (TPSA) is 23.5 Å². The van der Waals surface area contributed by atoms with Crippen LogP contribution in [0.1, 0.15) is 17.5 Å². The summed E-state index contributed by atoms with van der Waals surface area (Å²) in [6, 6.07) is 20.4. The summed E-state index contributed by atoms with van der Waals surface area (Å²) >= 11 is 0. The molecule has 0 aliphatic heterocycles. The molecular formula is C19H21NO. The number of nitrogens with zero attached hydrogens (tertiary/aromatic N) is 1. The Morgan fingerprint density at radius 3 is 2.24 bits per heavy atom. The van der Waals surface area contributed by atoms with Crippen molar-refractivity contribution in [1.29, 1.82) is 0 Å². The summed E-state index contributed by atoms with van der Waals surface area (Å²) in [5.41, 5.74) is 2.32. The lowest BCUT2D eigenvalue weighted by atomic mass is 10.2. The maximum atomic E-state index is 9.02. The van der Waals surface area contributed by atoms with Crippen molar-refractivity contribution < 1.29 is 5.11 Å². The monoisotopic (exact) mass is 279 g/mol. The zero-order valence-electron chi connectivity index (χ0n) is 12.2. The molecule has 108 valence electrons. The van der Waals surface area contributed by atoms with Crippen LogP contribution >= 0.6 is 0 Å². The van der Waals surface area contributed by atoms with Crippen LogP contribution in [0, 0.1) is 11.8 Å². The van der Waals surface area contributed by atoms with Gasteiger partial charge >= 0.3 is 0 Å². The fraction of sp³-hybridized carbons (Fsp3) is 0.263. The lowest BCUT2D eigenvalue weighted by Crippen LogP contribution is -2.25. The van der Waals surface area contributed by atoms with E-state index >= 15 is 0 Å². The predicted octanol–water partition coefficient (Wildman–Crippen LogP) is 2.92. The van der Waals surface area contributed by atoms with Crippen molar-refractivity contribution in [3.8, 4) is 11.8 Å². The highest BCUT2D eigenvalue weighted by Crippen LogP contribution is 2.04. The second kappa shape index (κ2) is 8.97. The fourth-order valence-corrected chi connectivity index (χ4v) is 2.12. The third-order valence-electron chi connectivity index (χ3n) is 3.19. The van der Waals surface area contributed by atoms with Crippen molar-refractivity contribution in [2.75, 3.05) is 19.7 Å². The Balaban J connectivity index is 1.95. The minimum atomic E-state index is 0.220. The molecular weight excluding hydrogens is 258 g/mol. The molecule has 0 bridgehead atoms. The van der Waals surface area contributed by atoms with Crippen molar-refractivity contribution in [1.82, 2.24) is 4.90 Å². The lowest BCUT2D eigenvalue weighted by Gasteiger charge is -2.19. The first kappa shape index (κ1) is 15.3. The molecule has 1 N–H and O–H groups in total. The number of hydrogen-bond donors (Lipinski definition) is 1. The quantitative estimate of drug-likeness (QED) is 0.822. The third-order valence-corrected chi connectivity index (χ3v) is 3.19. The van der Waals surface area contributed by atoms with E-state index in [1.54, 1.807) is 0 Å². The van der Waals surface area contributed by atoms with Crippen LogP contribution in [0.25, 0.3) is 0 Å². The highest BCUT2D eigenvalue weighted by Gasteiger charge is 2.03. The Bertz CT molecular complexity index is 569. The Morgan fingerprint density at radius 1 is 0.905 bits per heavy atom. The summed E-state index contributed by atoms with van der Waals surface area (Å²) in [7, 11) is 0. The van der Waals surface area contributed by atoms with Gasteiger partial charge in [-0.25, -0.2) is 0 Å². The van der Waals surface area contributed by atoms with Gasteiger partial charge in [0.05, 0.1) is 6.54 Å². The SMILES string of the molecule is OCCCN(CC#Cc1ccccc1)Cc1ccccc1. The van der Waals surface area contributed by atoms with Crippen molar-refractivity contribution in [2.24, 2.45) is 0 Å². The molecule has 2 aromatic carbocycles. The Hall–Kier alpha value is -2.08. The van der Waals surface area contributed by atoms with Crippen LogP contribution in [0.2, 0.25) is 0 Å². The van der Waals surface area contributed by atoms with Gasteiger partial charge in [0.15, 0.2) is 0 Å². The van der Waals surface area contributed by atoms with E-state index in [0.717, 1.165) is 25.1 Å². The van der Waals surface area contributed by atoms with Gasteiger partial charge in [0, 0.05) is 25.3 Å². The molecule has 0 aliphatic rings. The van der Waals surface area contributed by atoms with Crippen LogP contribution in [0.4, 0.5) is 0 Å². The van der Waals surface area contributed by atoms with E-state index < -0.39 is 0 Å². The average molecular weight is 279 g/mol. The van der Waals surface area contributed by atoms with E-state index in [1.165, 1.54) is 5.56 Å². The smallest absolute Gasteiger partial charge is 0.0608 e. The minimum Gasteiger partial charge on any atom is -0.396 e. The molecule has 0 saturated heterocycles. The highest BCUT2D eigenvalue weighted by atomic mass is 16.3. The first-order valence-electron chi connectivity index (χ1n) is 7.29. The Kier molecular flexibility index (Phi) is 6.54. The first-order chi connectivity index (χ1) is 10.4. The van der Waals surface area contributed by atoms with E-state index in [-0.39, 0.29) is 6.61 Å². The summed E-state index contributed by atoms with van der Waals surface area (Å²) in [5.74, 6) is 6.41. The van der Waals surface area contributed by atoms with E-state index in [0.29, 0.717) is 6.54 Å². The number of rotatable bonds is 6. The average Bonchev–Trinajstić information content (AvgIpc) is 2.54. The van der Waals surface area contributed by atoms with Gasteiger partial charge in [-0.3, -0.25) is 4.90 Å². The predicted molar refractivity (Wildman–Crippen MR) is 86.7 cm³/mol. The molecule has 21 heavy (non-hydrogen) atoms. The van der Waals surface area contributed by atoms with Gasteiger partial charge in [-0.1, -0.05) is 60.4 Å². The summed E-state index contributed by atoms with van der Waals surface area (Å²) in [6.07, 6.45) is 0.778. The Morgan fingerprint density at radius 2 is 1.57 bits per heavy atom. The first-order valence-corrected chi connectivity index (χ1v) is 7.29. The van der Waals surface area contributed by atoms with Gasteiger partial charge in [0.25, 0.3) is 0 Å². The summed E-state index contributed by atoms with van der Waals surface area (Å²) in [5, 5.41) is 9.02. The maximum absolute atomic E-state index is 9.02. The molecule has 0 unspecified atom stereocenters. The maximum Gasteiger partial charge on any atom is 0.0608 e. The molecule has 0 saturated carbocycles. The van der Waals surface area contributed by atoms with Crippen molar-refractivity contribution in [3.63, 3.8) is 0 Å². The minimum absolute atomic E-state index is 0.220. The molecule has 0 aromatic heterocycles. The molecule has 0 fully saturated rings. The van der Waals surface area contributed by atoms with Crippen LogP contribution in [0.3, 0.4) is 0 Å². The number of aliphatic hydroxyl groups is 1. The fourth-order valence-electron chi connectivity index (χ4n) is 2.12. The van der Waals surface area contributed by atoms with Crippen LogP contribution in [-0.2, 0) is 6.54 Å². The molecule has 0 radical (unpaired) electrons.